The average Bonchev–Trinajstić information content (AvgIpc) is 2.83. The van der Waals surface area contributed by atoms with Gasteiger partial charge in [-0.1, -0.05) is 6.92 Å². The average molecular weight is 433 g/mol. The van der Waals surface area contributed by atoms with Gasteiger partial charge in [-0.2, -0.15) is 5.26 Å². The zero-order chi connectivity index (χ0) is 22.7. The molecule has 1 amide bonds. The molecule has 1 fully saturated rings. The van der Waals surface area contributed by atoms with E-state index in [1.165, 1.54) is 18.5 Å². The van der Waals surface area contributed by atoms with Crippen LogP contribution in [0, 0.1) is 28.4 Å². The van der Waals surface area contributed by atoms with Crippen LogP contribution < -0.4 is 0 Å². The third-order valence-electron chi connectivity index (χ3n) is 6.24. The molecule has 32 heavy (non-hydrogen) atoms. The van der Waals surface area contributed by atoms with Crippen LogP contribution in [0.25, 0.3) is 11.4 Å². The minimum atomic E-state index is -0.818. The topological polar surface area (TPSA) is 82.8 Å². The first kappa shape index (κ1) is 21.5. The summed E-state index contributed by atoms with van der Waals surface area (Å²) in [7, 11) is 0. The lowest BCUT2D eigenvalue weighted by molar-refractivity contribution is 0.0623. The summed E-state index contributed by atoms with van der Waals surface area (Å²) in [4.78, 5) is 27.4. The van der Waals surface area contributed by atoms with Crippen LogP contribution in [0.4, 0.5) is 8.78 Å². The predicted octanol–water partition coefficient (Wildman–Crippen LogP) is 4.37. The van der Waals surface area contributed by atoms with Crippen molar-refractivity contribution in [3.05, 3.63) is 77.9 Å². The molecule has 6 nitrogen and oxygen atoms in total. The minimum absolute atomic E-state index is 0.192. The number of piperidine rings is 1. The van der Waals surface area contributed by atoms with Gasteiger partial charge in [0.05, 0.1) is 22.7 Å². The number of carbonyl (C=O) groups excluding carboxylic acids is 1. The highest BCUT2D eigenvalue weighted by Gasteiger charge is 2.42. The summed E-state index contributed by atoms with van der Waals surface area (Å²) in [5, 5.41) is 9.98. The smallest absolute Gasteiger partial charge is 0.256 e. The molecule has 0 N–H and O–H groups in total. The second-order valence-corrected chi connectivity index (χ2v) is 7.98. The van der Waals surface area contributed by atoms with E-state index in [-0.39, 0.29) is 11.8 Å². The van der Waals surface area contributed by atoms with Gasteiger partial charge in [0.1, 0.15) is 23.7 Å². The standard InChI is InChI=1S/C24H21F2N5O/c1-16(17-11-18(25)13-19(26)12-17)24(14-27)5-9-31(10-6-24)23(32)20-3-2-7-29-22(20)21-4-8-28-15-30-21/h2-4,7-8,11-13,15-16H,5-6,9-10H2,1H3/t16-/m0/s1. The fourth-order valence-electron chi connectivity index (χ4n) is 4.28. The Bertz CT molecular complexity index is 1150. The van der Waals surface area contributed by atoms with Gasteiger partial charge in [0, 0.05) is 37.5 Å². The third kappa shape index (κ3) is 4.06. The molecule has 0 aliphatic carbocycles. The number of likely N-dealkylation sites (tertiary alicyclic amines) is 1. The number of pyridine rings is 1. The Morgan fingerprint density at radius 3 is 2.47 bits per heavy atom. The van der Waals surface area contributed by atoms with Crippen molar-refractivity contribution >= 4 is 5.91 Å². The summed E-state index contributed by atoms with van der Waals surface area (Å²) in [6.45, 7) is 2.52. The Morgan fingerprint density at radius 2 is 1.84 bits per heavy atom. The van der Waals surface area contributed by atoms with Gasteiger partial charge in [-0.25, -0.2) is 18.7 Å². The number of rotatable bonds is 4. The number of hydrogen-bond acceptors (Lipinski definition) is 5. The van der Waals surface area contributed by atoms with Crippen LogP contribution in [-0.2, 0) is 0 Å². The van der Waals surface area contributed by atoms with Gasteiger partial charge >= 0.3 is 0 Å². The van der Waals surface area contributed by atoms with E-state index in [4.69, 9.17) is 0 Å². The van der Waals surface area contributed by atoms with Gasteiger partial charge in [-0.05, 0) is 48.7 Å². The van der Waals surface area contributed by atoms with Gasteiger partial charge in [-0.15, -0.1) is 0 Å². The Labute approximate surface area is 184 Å². The molecule has 3 aromatic rings. The molecule has 3 heterocycles. The van der Waals surface area contributed by atoms with Crippen molar-refractivity contribution in [3.63, 3.8) is 0 Å². The van der Waals surface area contributed by atoms with Crippen molar-refractivity contribution < 1.29 is 13.6 Å². The highest BCUT2D eigenvalue weighted by Crippen LogP contribution is 2.44. The van der Waals surface area contributed by atoms with Crippen molar-refractivity contribution in [1.82, 2.24) is 19.9 Å². The number of nitrogens with zero attached hydrogens (tertiary/aromatic N) is 5. The lowest BCUT2D eigenvalue weighted by atomic mass is 9.68. The fourth-order valence-corrected chi connectivity index (χ4v) is 4.28. The molecule has 0 unspecified atom stereocenters. The second-order valence-electron chi connectivity index (χ2n) is 7.98. The Balaban J connectivity index is 1.55. The number of aromatic nitrogens is 3. The van der Waals surface area contributed by atoms with Crippen LogP contribution in [0.5, 0.6) is 0 Å². The van der Waals surface area contributed by atoms with E-state index in [9.17, 15) is 18.8 Å². The van der Waals surface area contributed by atoms with Crippen molar-refractivity contribution in [2.75, 3.05) is 13.1 Å². The molecule has 2 aromatic heterocycles. The van der Waals surface area contributed by atoms with Crippen molar-refractivity contribution in [3.8, 4) is 17.5 Å². The lowest BCUT2D eigenvalue weighted by Gasteiger charge is -2.41. The number of benzene rings is 1. The molecule has 0 spiro atoms. The molecule has 1 saturated heterocycles. The number of nitriles is 1. The summed E-state index contributed by atoms with van der Waals surface area (Å²) in [6, 6.07) is 10.8. The molecule has 162 valence electrons. The summed E-state index contributed by atoms with van der Waals surface area (Å²) in [5.74, 6) is -1.91. The van der Waals surface area contributed by atoms with Gasteiger partial charge in [0.25, 0.3) is 5.91 Å². The first-order chi connectivity index (χ1) is 15.4. The molecule has 1 aliphatic rings. The summed E-state index contributed by atoms with van der Waals surface area (Å²) in [5.41, 5.74) is 1.08. The van der Waals surface area contributed by atoms with Crippen LogP contribution in [0.3, 0.4) is 0 Å². The van der Waals surface area contributed by atoms with Crippen LogP contribution in [0.15, 0.2) is 55.1 Å². The van der Waals surface area contributed by atoms with E-state index >= 15 is 0 Å². The maximum atomic E-state index is 13.7. The minimum Gasteiger partial charge on any atom is -0.338 e. The zero-order valence-corrected chi connectivity index (χ0v) is 17.5. The number of amides is 1. The van der Waals surface area contributed by atoms with E-state index < -0.39 is 17.0 Å². The summed E-state index contributed by atoms with van der Waals surface area (Å²) >= 11 is 0. The molecule has 1 aliphatic heterocycles. The van der Waals surface area contributed by atoms with E-state index in [1.54, 1.807) is 35.5 Å². The lowest BCUT2D eigenvalue weighted by Crippen LogP contribution is -2.44. The van der Waals surface area contributed by atoms with Gasteiger partial charge < -0.3 is 4.90 Å². The number of hydrogen-bond donors (Lipinski definition) is 0. The second kappa shape index (κ2) is 8.79. The quantitative estimate of drug-likeness (QED) is 0.610. The van der Waals surface area contributed by atoms with Gasteiger partial charge in [0.15, 0.2) is 0 Å². The van der Waals surface area contributed by atoms with Gasteiger partial charge in [-0.3, -0.25) is 9.78 Å². The Hall–Kier alpha value is -3.73. The first-order valence-electron chi connectivity index (χ1n) is 10.3. The Kier molecular flexibility index (Phi) is 5.91. The first-order valence-corrected chi connectivity index (χ1v) is 10.3. The number of halogens is 2. The summed E-state index contributed by atoms with van der Waals surface area (Å²) < 4.78 is 27.5. The largest absolute Gasteiger partial charge is 0.338 e. The molecule has 8 heteroatoms. The van der Waals surface area contributed by atoms with E-state index in [0.29, 0.717) is 48.4 Å². The molecule has 1 atom stereocenters. The van der Waals surface area contributed by atoms with Crippen LogP contribution in [-0.4, -0.2) is 38.8 Å². The van der Waals surface area contributed by atoms with Crippen LogP contribution in [0.1, 0.15) is 41.6 Å². The van der Waals surface area contributed by atoms with E-state index in [2.05, 4.69) is 21.0 Å². The van der Waals surface area contributed by atoms with E-state index in [1.807, 2.05) is 6.92 Å². The molecule has 1 aromatic carbocycles. The normalized spacial score (nSPS) is 16.2. The van der Waals surface area contributed by atoms with Crippen molar-refractivity contribution in [2.45, 2.75) is 25.7 Å². The predicted molar refractivity (Wildman–Crippen MR) is 113 cm³/mol. The molecule has 4 rings (SSSR count). The summed E-state index contributed by atoms with van der Waals surface area (Å²) in [6.07, 6.45) is 5.39. The SMILES string of the molecule is C[C@@H](c1cc(F)cc(F)c1)C1(C#N)CCN(C(=O)c2cccnc2-c2ccncn2)CC1. The molecule has 0 saturated carbocycles. The zero-order valence-electron chi connectivity index (χ0n) is 17.5. The third-order valence-corrected chi connectivity index (χ3v) is 6.24. The maximum absolute atomic E-state index is 13.7. The highest BCUT2D eigenvalue weighted by molar-refractivity contribution is 5.99. The van der Waals surface area contributed by atoms with Gasteiger partial charge in [0.2, 0.25) is 0 Å². The maximum Gasteiger partial charge on any atom is 0.256 e. The van der Waals surface area contributed by atoms with Crippen LogP contribution >= 0.6 is 0 Å². The highest BCUT2D eigenvalue weighted by atomic mass is 19.1. The van der Waals surface area contributed by atoms with E-state index in [0.717, 1.165) is 6.07 Å². The fraction of sp³-hybridized carbons (Fsp3) is 0.292. The molecular weight excluding hydrogens is 412 g/mol. The molecular formula is C24H21F2N5O. The monoisotopic (exact) mass is 433 g/mol. The van der Waals surface area contributed by atoms with Crippen molar-refractivity contribution in [2.24, 2.45) is 5.41 Å². The Morgan fingerprint density at radius 1 is 1.12 bits per heavy atom. The molecule has 0 bridgehead atoms. The molecule has 0 radical (unpaired) electrons. The van der Waals surface area contributed by atoms with Crippen molar-refractivity contribution in [1.29, 1.82) is 5.26 Å². The van der Waals surface area contributed by atoms with Crippen LogP contribution in [0.2, 0.25) is 0 Å². The number of carbonyl (C=O) groups is 1.